The molecule has 5 nitrogen and oxygen atoms in total. The first-order valence-corrected chi connectivity index (χ1v) is 13.6. The highest BCUT2D eigenvalue weighted by Crippen LogP contribution is 2.44. The predicted octanol–water partition coefficient (Wildman–Crippen LogP) is 7.26. The van der Waals surface area contributed by atoms with Gasteiger partial charge < -0.3 is 19.5 Å². The molecule has 0 saturated heterocycles. The molecule has 36 heavy (non-hydrogen) atoms. The number of carbonyl (C=O) groups is 1. The van der Waals surface area contributed by atoms with E-state index in [0.29, 0.717) is 13.2 Å². The average Bonchev–Trinajstić information content (AvgIpc) is 3.47. The second kappa shape index (κ2) is 9.51. The number of fused-ring (bicyclic) bond motifs is 5. The molecule has 1 aliphatic carbocycles. The Kier molecular flexibility index (Phi) is 6.05. The predicted molar refractivity (Wildman–Crippen MR) is 145 cm³/mol. The van der Waals surface area contributed by atoms with Gasteiger partial charge in [-0.3, -0.25) is 0 Å². The van der Waals surface area contributed by atoms with Gasteiger partial charge in [0.25, 0.3) is 0 Å². The maximum Gasteiger partial charge on any atom is 0.322 e. The van der Waals surface area contributed by atoms with Gasteiger partial charge in [-0.25, -0.2) is 4.79 Å². The fourth-order valence-corrected chi connectivity index (χ4v) is 6.98. The minimum absolute atomic E-state index is 0.0953. The molecule has 0 bridgehead atoms. The van der Waals surface area contributed by atoms with E-state index in [9.17, 15) is 4.79 Å². The first-order valence-electron chi connectivity index (χ1n) is 12.8. The van der Waals surface area contributed by atoms with Crippen molar-refractivity contribution in [2.45, 2.75) is 52.1 Å². The van der Waals surface area contributed by atoms with Crippen LogP contribution in [0.25, 0.3) is 5.00 Å². The summed E-state index contributed by atoms with van der Waals surface area (Å²) in [6.07, 6.45) is 6.87. The van der Waals surface area contributed by atoms with Gasteiger partial charge in [-0.15, -0.1) is 11.3 Å². The monoisotopic (exact) mass is 497 g/mol. The molecular formula is C30H31N3O2S. The van der Waals surface area contributed by atoms with Crippen LogP contribution in [0.5, 0.6) is 5.75 Å². The molecule has 2 aromatic heterocycles. The molecule has 0 unspecified atom stereocenters. The quantitative estimate of drug-likeness (QED) is 0.322. The maximum absolute atomic E-state index is 14.0. The van der Waals surface area contributed by atoms with Crippen LogP contribution in [0.3, 0.4) is 0 Å². The molecule has 2 aromatic carbocycles. The second-order valence-electron chi connectivity index (χ2n) is 9.63. The number of ether oxygens (including phenoxy) is 1. The van der Waals surface area contributed by atoms with Crippen molar-refractivity contribution in [2.24, 2.45) is 0 Å². The van der Waals surface area contributed by atoms with Crippen LogP contribution in [0.2, 0.25) is 0 Å². The zero-order chi connectivity index (χ0) is 24.6. The van der Waals surface area contributed by atoms with Gasteiger partial charge in [0.15, 0.2) is 0 Å². The van der Waals surface area contributed by atoms with Crippen LogP contribution in [0.15, 0.2) is 66.9 Å². The van der Waals surface area contributed by atoms with E-state index in [1.807, 2.05) is 47.4 Å². The smallest absolute Gasteiger partial charge is 0.322 e. The highest BCUT2D eigenvalue weighted by Gasteiger charge is 2.36. The zero-order valence-corrected chi connectivity index (χ0v) is 21.6. The molecule has 6 rings (SSSR count). The molecule has 1 aliphatic heterocycles. The summed E-state index contributed by atoms with van der Waals surface area (Å²) in [7, 11) is 0. The lowest BCUT2D eigenvalue weighted by Crippen LogP contribution is -2.38. The van der Waals surface area contributed by atoms with Crippen molar-refractivity contribution in [1.29, 1.82) is 0 Å². The fourth-order valence-electron chi connectivity index (χ4n) is 5.57. The number of amides is 2. The minimum atomic E-state index is -0.193. The van der Waals surface area contributed by atoms with Crippen molar-refractivity contribution >= 4 is 23.1 Å². The molecule has 0 fully saturated rings. The van der Waals surface area contributed by atoms with Crippen LogP contribution < -0.4 is 10.1 Å². The molecule has 6 heteroatoms. The Labute approximate surface area is 216 Å². The van der Waals surface area contributed by atoms with E-state index < -0.39 is 0 Å². The first kappa shape index (κ1) is 22.9. The average molecular weight is 498 g/mol. The molecule has 184 valence electrons. The molecule has 3 heterocycles. The summed E-state index contributed by atoms with van der Waals surface area (Å²) in [6, 6.07) is 20.1. The van der Waals surface area contributed by atoms with Crippen molar-refractivity contribution < 1.29 is 9.53 Å². The van der Waals surface area contributed by atoms with Gasteiger partial charge in [-0.05, 0) is 87.1 Å². The summed E-state index contributed by atoms with van der Waals surface area (Å²) in [5.74, 6) is 0.801. The minimum Gasteiger partial charge on any atom is -0.494 e. The first-order chi connectivity index (χ1) is 17.6. The van der Waals surface area contributed by atoms with Crippen molar-refractivity contribution in [3.8, 4) is 10.8 Å². The van der Waals surface area contributed by atoms with Crippen LogP contribution in [-0.2, 0) is 19.4 Å². The number of benzene rings is 2. The maximum atomic E-state index is 14.0. The summed E-state index contributed by atoms with van der Waals surface area (Å²) >= 11 is 1.91. The number of carbonyl (C=O) groups excluding carboxylic acids is 1. The number of anilines is 1. The van der Waals surface area contributed by atoms with E-state index >= 15 is 0 Å². The van der Waals surface area contributed by atoms with E-state index in [-0.39, 0.29) is 12.1 Å². The van der Waals surface area contributed by atoms with E-state index in [1.165, 1.54) is 39.4 Å². The van der Waals surface area contributed by atoms with Gasteiger partial charge in [-0.1, -0.05) is 29.8 Å². The largest absolute Gasteiger partial charge is 0.494 e. The molecule has 1 atom stereocenters. The molecule has 0 saturated carbocycles. The number of aromatic nitrogens is 1. The number of thiophene rings is 1. The summed E-state index contributed by atoms with van der Waals surface area (Å²) in [5.41, 5.74) is 6.97. The van der Waals surface area contributed by atoms with E-state index in [1.54, 1.807) is 0 Å². The lowest BCUT2D eigenvalue weighted by atomic mass is 9.95. The Morgan fingerprint density at radius 3 is 2.69 bits per heavy atom. The lowest BCUT2D eigenvalue weighted by molar-refractivity contribution is 0.194. The highest BCUT2D eigenvalue weighted by atomic mass is 32.1. The van der Waals surface area contributed by atoms with Crippen LogP contribution in [0.4, 0.5) is 10.5 Å². The lowest BCUT2D eigenvalue weighted by Gasteiger charge is -2.31. The Morgan fingerprint density at radius 2 is 1.89 bits per heavy atom. The number of aryl methyl sites for hydroxylation is 2. The number of urea groups is 1. The summed E-state index contributed by atoms with van der Waals surface area (Å²) in [5, 5.41) is 4.45. The van der Waals surface area contributed by atoms with Crippen molar-refractivity contribution in [3.63, 3.8) is 0 Å². The number of nitrogens with zero attached hydrogens (tertiary/aromatic N) is 2. The Morgan fingerprint density at radius 1 is 1.06 bits per heavy atom. The van der Waals surface area contributed by atoms with Gasteiger partial charge >= 0.3 is 6.03 Å². The molecule has 2 amide bonds. The third-order valence-electron chi connectivity index (χ3n) is 7.21. The number of hydrogen-bond donors (Lipinski definition) is 1. The van der Waals surface area contributed by atoms with Gasteiger partial charge in [0.1, 0.15) is 10.8 Å². The molecule has 2 aliphatic rings. The van der Waals surface area contributed by atoms with Crippen molar-refractivity contribution in [2.75, 3.05) is 11.9 Å². The van der Waals surface area contributed by atoms with Crippen LogP contribution in [-0.4, -0.2) is 22.1 Å². The standard InChI is InChI=1S/C30H31N3O2S/c1-3-35-23-15-13-22(14-16-23)31-30(34)33-19-25-24-10-4-5-12-27(24)36-29(25)32-17-7-11-26(32)28(33)21-9-6-8-20(2)18-21/h6-9,11,13-18,28H,3-5,10,12,19H2,1-2H3,(H,31,34)/t28-/m1/s1. The van der Waals surface area contributed by atoms with Gasteiger partial charge in [0.05, 0.1) is 24.9 Å². The molecular weight excluding hydrogens is 466 g/mol. The molecule has 4 aromatic rings. The summed E-state index contributed by atoms with van der Waals surface area (Å²) < 4.78 is 7.90. The zero-order valence-electron chi connectivity index (χ0n) is 20.8. The van der Waals surface area contributed by atoms with Gasteiger partial charge in [0.2, 0.25) is 0 Å². The van der Waals surface area contributed by atoms with E-state index in [0.717, 1.165) is 35.5 Å². The van der Waals surface area contributed by atoms with Gasteiger partial charge in [-0.2, -0.15) is 0 Å². The SMILES string of the molecule is CCOc1ccc(NC(=O)N2Cc3c(sc4c3CCCC4)-n3cccc3[C@H]2c2cccc(C)c2)cc1. The topological polar surface area (TPSA) is 46.5 Å². The third-order valence-corrected chi connectivity index (χ3v) is 8.55. The Hall–Kier alpha value is -3.51. The highest BCUT2D eigenvalue weighted by molar-refractivity contribution is 7.15. The fraction of sp³-hybridized carbons (Fsp3) is 0.300. The normalized spacial score (nSPS) is 16.5. The van der Waals surface area contributed by atoms with Crippen molar-refractivity contribution in [3.05, 3.63) is 99.7 Å². The van der Waals surface area contributed by atoms with E-state index in [2.05, 4.69) is 59.4 Å². The van der Waals surface area contributed by atoms with Crippen LogP contribution >= 0.6 is 11.3 Å². The third kappa shape index (κ3) is 4.09. The number of nitrogens with one attached hydrogen (secondary N) is 1. The van der Waals surface area contributed by atoms with Crippen molar-refractivity contribution in [1.82, 2.24) is 9.47 Å². The second-order valence-corrected chi connectivity index (χ2v) is 10.7. The molecule has 1 N–H and O–H groups in total. The van der Waals surface area contributed by atoms with E-state index in [4.69, 9.17) is 4.74 Å². The molecule has 0 radical (unpaired) electrons. The number of rotatable bonds is 4. The van der Waals surface area contributed by atoms with Gasteiger partial charge in [0, 0.05) is 22.3 Å². The Bertz CT molecular complexity index is 1400. The molecule has 0 spiro atoms. The van der Waals surface area contributed by atoms with Crippen LogP contribution in [0, 0.1) is 6.92 Å². The van der Waals surface area contributed by atoms with Crippen LogP contribution in [0.1, 0.15) is 58.6 Å². The summed E-state index contributed by atoms with van der Waals surface area (Å²) in [6.45, 7) is 5.28. The summed E-state index contributed by atoms with van der Waals surface area (Å²) in [4.78, 5) is 17.5. The number of hydrogen-bond acceptors (Lipinski definition) is 3. The Balaban J connectivity index is 1.44.